The van der Waals surface area contributed by atoms with Crippen LogP contribution in [-0.4, -0.2) is 44.3 Å². The zero-order valence-corrected chi connectivity index (χ0v) is 26.2. The first-order valence-electron chi connectivity index (χ1n) is 13.8. The third kappa shape index (κ3) is 8.11. The SMILES string of the molecule is CC[C@H](C(=O)NCC(C)C)N(Cc1ccccc1C)C(=O)CN(c1ccc(Cl)cc1C)S(=O)(=O)c1ccc(C)cc1. The van der Waals surface area contributed by atoms with Crippen molar-refractivity contribution in [2.24, 2.45) is 5.92 Å². The van der Waals surface area contributed by atoms with E-state index < -0.39 is 28.5 Å². The van der Waals surface area contributed by atoms with Crippen molar-refractivity contribution in [1.29, 1.82) is 0 Å². The first-order chi connectivity index (χ1) is 19.3. The number of carbonyl (C=O) groups is 2. The van der Waals surface area contributed by atoms with Crippen LogP contribution < -0.4 is 9.62 Å². The Morgan fingerprint density at radius 2 is 1.59 bits per heavy atom. The minimum atomic E-state index is -4.15. The molecule has 1 N–H and O–H groups in total. The highest BCUT2D eigenvalue weighted by molar-refractivity contribution is 7.92. The maximum atomic E-state index is 14.2. The fourth-order valence-corrected chi connectivity index (χ4v) is 6.27. The summed E-state index contributed by atoms with van der Waals surface area (Å²) in [7, 11) is -4.15. The van der Waals surface area contributed by atoms with Gasteiger partial charge in [-0.25, -0.2) is 8.42 Å². The minimum Gasteiger partial charge on any atom is -0.354 e. The third-order valence-corrected chi connectivity index (χ3v) is 9.00. The molecular formula is C32H40ClN3O4S. The van der Waals surface area contributed by atoms with E-state index in [4.69, 9.17) is 11.6 Å². The second-order valence-corrected chi connectivity index (χ2v) is 13.1. The van der Waals surface area contributed by atoms with Crippen LogP contribution in [0.5, 0.6) is 0 Å². The molecule has 2 amide bonds. The van der Waals surface area contributed by atoms with Crippen LogP contribution in [0.3, 0.4) is 0 Å². The van der Waals surface area contributed by atoms with Crippen molar-refractivity contribution >= 4 is 39.1 Å². The number of hydrogen-bond acceptors (Lipinski definition) is 4. The summed E-state index contributed by atoms with van der Waals surface area (Å²) in [4.78, 5) is 29.1. The van der Waals surface area contributed by atoms with Gasteiger partial charge in [0.25, 0.3) is 10.0 Å². The number of anilines is 1. The van der Waals surface area contributed by atoms with Gasteiger partial charge in [-0.3, -0.25) is 13.9 Å². The summed E-state index contributed by atoms with van der Waals surface area (Å²) < 4.78 is 29.2. The van der Waals surface area contributed by atoms with Crippen LogP contribution in [0, 0.1) is 26.7 Å². The summed E-state index contributed by atoms with van der Waals surface area (Å²) >= 11 is 6.19. The highest BCUT2D eigenvalue weighted by Crippen LogP contribution is 2.30. The Labute approximate surface area is 249 Å². The van der Waals surface area contributed by atoms with Gasteiger partial charge in [0.15, 0.2) is 0 Å². The van der Waals surface area contributed by atoms with Crippen molar-refractivity contribution in [2.45, 2.75) is 65.4 Å². The number of carbonyl (C=O) groups excluding carboxylic acids is 2. The van der Waals surface area contributed by atoms with Crippen molar-refractivity contribution in [3.05, 3.63) is 94.0 Å². The van der Waals surface area contributed by atoms with Crippen LogP contribution in [0.2, 0.25) is 5.02 Å². The van der Waals surface area contributed by atoms with Crippen LogP contribution in [0.15, 0.2) is 71.6 Å². The predicted octanol–water partition coefficient (Wildman–Crippen LogP) is 6.04. The van der Waals surface area contributed by atoms with Crippen molar-refractivity contribution in [1.82, 2.24) is 10.2 Å². The normalized spacial score (nSPS) is 12.2. The lowest BCUT2D eigenvalue weighted by atomic mass is 10.1. The number of nitrogens with one attached hydrogen (secondary N) is 1. The van der Waals surface area contributed by atoms with Gasteiger partial charge in [-0.05, 0) is 80.1 Å². The molecular weight excluding hydrogens is 558 g/mol. The molecule has 0 bridgehead atoms. The average Bonchev–Trinajstić information content (AvgIpc) is 2.92. The summed E-state index contributed by atoms with van der Waals surface area (Å²) in [5, 5.41) is 3.41. The number of amides is 2. The van der Waals surface area contributed by atoms with Crippen LogP contribution >= 0.6 is 11.6 Å². The van der Waals surface area contributed by atoms with E-state index in [0.717, 1.165) is 21.0 Å². The van der Waals surface area contributed by atoms with Crippen molar-refractivity contribution < 1.29 is 18.0 Å². The fraction of sp³-hybridized carbons (Fsp3) is 0.375. The molecule has 41 heavy (non-hydrogen) atoms. The van der Waals surface area contributed by atoms with E-state index in [1.165, 1.54) is 17.0 Å². The number of nitrogens with zero attached hydrogens (tertiary/aromatic N) is 2. The summed E-state index contributed by atoms with van der Waals surface area (Å²) in [6.07, 6.45) is 0.367. The third-order valence-electron chi connectivity index (χ3n) is 6.99. The smallest absolute Gasteiger partial charge is 0.264 e. The molecule has 0 heterocycles. The van der Waals surface area contributed by atoms with Crippen molar-refractivity contribution in [2.75, 3.05) is 17.4 Å². The Morgan fingerprint density at radius 1 is 0.927 bits per heavy atom. The first kappa shape index (κ1) is 32.2. The number of aryl methyl sites for hydroxylation is 3. The van der Waals surface area contributed by atoms with E-state index in [0.29, 0.717) is 29.2 Å². The monoisotopic (exact) mass is 597 g/mol. The first-order valence-corrected chi connectivity index (χ1v) is 15.6. The Balaban J connectivity index is 2.09. The van der Waals surface area contributed by atoms with Crippen LogP contribution in [0.25, 0.3) is 0 Å². The van der Waals surface area contributed by atoms with E-state index in [-0.39, 0.29) is 23.3 Å². The van der Waals surface area contributed by atoms with Gasteiger partial charge in [-0.2, -0.15) is 0 Å². The molecule has 0 saturated heterocycles. The lowest BCUT2D eigenvalue weighted by Crippen LogP contribution is -2.52. The summed E-state index contributed by atoms with van der Waals surface area (Å²) in [6, 6.07) is 18.3. The zero-order chi connectivity index (χ0) is 30.3. The molecule has 3 aromatic rings. The molecule has 0 radical (unpaired) electrons. The van der Waals surface area contributed by atoms with E-state index >= 15 is 0 Å². The number of benzene rings is 3. The maximum absolute atomic E-state index is 14.2. The largest absolute Gasteiger partial charge is 0.354 e. The number of hydrogen-bond donors (Lipinski definition) is 1. The molecule has 220 valence electrons. The molecule has 0 aliphatic heterocycles. The summed E-state index contributed by atoms with van der Waals surface area (Å²) in [6.45, 7) is 11.6. The molecule has 1 atom stereocenters. The van der Waals surface area contributed by atoms with E-state index in [9.17, 15) is 18.0 Å². The Hall–Kier alpha value is -3.36. The quantitative estimate of drug-likeness (QED) is 0.276. The minimum absolute atomic E-state index is 0.0671. The molecule has 0 fully saturated rings. The highest BCUT2D eigenvalue weighted by atomic mass is 35.5. The second-order valence-electron chi connectivity index (χ2n) is 10.8. The molecule has 0 aliphatic carbocycles. The molecule has 3 rings (SSSR count). The van der Waals surface area contributed by atoms with E-state index in [2.05, 4.69) is 5.32 Å². The fourth-order valence-electron chi connectivity index (χ4n) is 4.56. The molecule has 3 aromatic carbocycles. The lowest BCUT2D eigenvalue weighted by molar-refractivity contribution is -0.140. The topological polar surface area (TPSA) is 86.8 Å². The molecule has 9 heteroatoms. The molecule has 0 spiro atoms. The van der Waals surface area contributed by atoms with Crippen LogP contribution in [0.1, 0.15) is 49.4 Å². The molecule has 0 aliphatic rings. The van der Waals surface area contributed by atoms with Crippen molar-refractivity contribution in [3.63, 3.8) is 0 Å². The number of rotatable bonds is 12. The lowest BCUT2D eigenvalue weighted by Gasteiger charge is -2.34. The van der Waals surface area contributed by atoms with Crippen LogP contribution in [0.4, 0.5) is 5.69 Å². The average molecular weight is 598 g/mol. The van der Waals surface area contributed by atoms with Gasteiger partial charge in [0, 0.05) is 18.1 Å². The van der Waals surface area contributed by atoms with Gasteiger partial charge < -0.3 is 10.2 Å². The van der Waals surface area contributed by atoms with Gasteiger partial charge in [0.2, 0.25) is 11.8 Å². The maximum Gasteiger partial charge on any atom is 0.264 e. The predicted molar refractivity (Wildman–Crippen MR) is 166 cm³/mol. The van der Waals surface area contributed by atoms with Gasteiger partial charge >= 0.3 is 0 Å². The van der Waals surface area contributed by atoms with Crippen molar-refractivity contribution in [3.8, 4) is 0 Å². The molecule has 0 aromatic heterocycles. The Kier molecular flexibility index (Phi) is 11.0. The summed E-state index contributed by atoms with van der Waals surface area (Å²) in [5.41, 5.74) is 3.72. The number of halogens is 1. The van der Waals surface area contributed by atoms with E-state index in [1.807, 2.05) is 58.9 Å². The summed E-state index contributed by atoms with van der Waals surface area (Å²) in [5.74, 6) is -0.511. The standard InChI is InChI=1S/C32H40ClN3O4S/c1-7-29(32(38)34-19-22(2)3)35(20-26-11-9-8-10-24(26)5)31(37)21-36(30-17-14-27(33)18-25(30)6)41(39,40)28-15-12-23(4)13-16-28/h8-18,22,29H,7,19-21H2,1-6H3,(H,34,38)/t29-/m1/s1. The highest BCUT2D eigenvalue weighted by Gasteiger charge is 2.34. The molecule has 0 saturated carbocycles. The van der Waals surface area contributed by atoms with Crippen LogP contribution in [-0.2, 0) is 26.2 Å². The van der Waals surface area contributed by atoms with Gasteiger partial charge in [-0.1, -0.05) is 74.3 Å². The second kappa shape index (κ2) is 14.0. The Morgan fingerprint density at radius 3 is 2.17 bits per heavy atom. The van der Waals surface area contributed by atoms with Gasteiger partial charge in [0.1, 0.15) is 12.6 Å². The molecule has 0 unspecified atom stereocenters. The molecule has 7 nitrogen and oxygen atoms in total. The van der Waals surface area contributed by atoms with E-state index in [1.54, 1.807) is 37.3 Å². The number of sulfonamides is 1. The zero-order valence-electron chi connectivity index (χ0n) is 24.6. The Bertz CT molecular complexity index is 1470. The van der Waals surface area contributed by atoms with Gasteiger partial charge in [-0.15, -0.1) is 0 Å². The van der Waals surface area contributed by atoms with Gasteiger partial charge in [0.05, 0.1) is 10.6 Å².